The number of carbonyl (C=O) groups excluding carboxylic acids is 3. The van der Waals surface area contributed by atoms with E-state index in [2.05, 4.69) is 4.98 Å². The summed E-state index contributed by atoms with van der Waals surface area (Å²) in [6.07, 6.45) is 3.68. The van der Waals surface area contributed by atoms with E-state index in [1.165, 1.54) is 6.20 Å². The number of rotatable bonds is 6. The lowest BCUT2D eigenvalue weighted by Crippen LogP contribution is -2.43. The lowest BCUT2D eigenvalue weighted by atomic mass is 9.97. The van der Waals surface area contributed by atoms with Crippen molar-refractivity contribution < 1.29 is 23.9 Å². The summed E-state index contributed by atoms with van der Waals surface area (Å²) in [5.74, 6) is -1.53. The third-order valence-electron chi connectivity index (χ3n) is 4.13. The molecule has 2 atom stereocenters. The van der Waals surface area contributed by atoms with Crippen molar-refractivity contribution in [2.75, 3.05) is 19.7 Å². The largest absolute Gasteiger partial charge is 0.463 e. The first kappa shape index (κ1) is 18.9. The maximum absolute atomic E-state index is 12.6. The van der Waals surface area contributed by atoms with E-state index in [-0.39, 0.29) is 12.5 Å². The SMILES string of the molecule is CCOC(=O)[C@@H](OC(=O)[C@H]1CCCN(C(=O)CC)C1)c1cccnc1. The van der Waals surface area contributed by atoms with E-state index >= 15 is 0 Å². The molecule has 0 saturated carbocycles. The number of ether oxygens (including phenoxy) is 2. The molecule has 1 aromatic rings. The molecule has 1 saturated heterocycles. The Morgan fingerprint density at radius 2 is 2.16 bits per heavy atom. The number of amides is 1. The average Bonchev–Trinajstić information content (AvgIpc) is 2.66. The Labute approximate surface area is 147 Å². The number of carbonyl (C=O) groups is 3. The number of piperidine rings is 1. The zero-order valence-electron chi connectivity index (χ0n) is 14.6. The van der Waals surface area contributed by atoms with E-state index in [1.54, 1.807) is 37.1 Å². The van der Waals surface area contributed by atoms with Gasteiger partial charge < -0.3 is 14.4 Å². The summed E-state index contributed by atoms with van der Waals surface area (Å²) in [5, 5.41) is 0. The summed E-state index contributed by atoms with van der Waals surface area (Å²) in [5.41, 5.74) is 0.464. The Hall–Kier alpha value is -2.44. The van der Waals surface area contributed by atoms with Crippen LogP contribution in [0.5, 0.6) is 0 Å². The fraction of sp³-hybridized carbons (Fsp3) is 0.556. The number of hydrogen-bond acceptors (Lipinski definition) is 6. The van der Waals surface area contributed by atoms with Crippen LogP contribution in [0.4, 0.5) is 0 Å². The first-order valence-corrected chi connectivity index (χ1v) is 8.61. The molecule has 1 aromatic heterocycles. The molecule has 0 bridgehead atoms. The van der Waals surface area contributed by atoms with E-state index < -0.39 is 24.0 Å². The molecule has 0 unspecified atom stereocenters. The van der Waals surface area contributed by atoms with Crippen molar-refractivity contribution in [1.82, 2.24) is 9.88 Å². The summed E-state index contributed by atoms with van der Waals surface area (Å²) in [4.78, 5) is 42.3. The molecule has 1 fully saturated rings. The van der Waals surface area contributed by atoms with Gasteiger partial charge in [-0.25, -0.2) is 4.79 Å². The Morgan fingerprint density at radius 1 is 1.36 bits per heavy atom. The van der Waals surface area contributed by atoms with Gasteiger partial charge in [-0.2, -0.15) is 0 Å². The lowest BCUT2D eigenvalue weighted by Gasteiger charge is -2.32. The van der Waals surface area contributed by atoms with E-state index in [1.807, 2.05) is 0 Å². The quantitative estimate of drug-likeness (QED) is 0.730. The molecule has 1 aliphatic rings. The minimum absolute atomic E-state index is 0.0201. The normalized spacial score (nSPS) is 18.3. The van der Waals surface area contributed by atoms with Crippen LogP contribution in [-0.2, 0) is 23.9 Å². The monoisotopic (exact) mass is 348 g/mol. The van der Waals surface area contributed by atoms with Crippen LogP contribution < -0.4 is 0 Å². The van der Waals surface area contributed by atoms with Crippen molar-refractivity contribution in [3.8, 4) is 0 Å². The second kappa shape index (κ2) is 9.15. The van der Waals surface area contributed by atoms with Crippen molar-refractivity contribution in [1.29, 1.82) is 0 Å². The van der Waals surface area contributed by atoms with Gasteiger partial charge in [0.2, 0.25) is 12.0 Å². The van der Waals surface area contributed by atoms with Gasteiger partial charge in [-0.1, -0.05) is 13.0 Å². The van der Waals surface area contributed by atoms with Crippen LogP contribution in [0.15, 0.2) is 24.5 Å². The molecule has 1 amide bonds. The van der Waals surface area contributed by atoms with Crippen LogP contribution in [0.3, 0.4) is 0 Å². The van der Waals surface area contributed by atoms with Crippen LogP contribution in [0.1, 0.15) is 44.8 Å². The molecule has 0 N–H and O–H groups in total. The van der Waals surface area contributed by atoms with Crippen LogP contribution in [0, 0.1) is 5.92 Å². The molecule has 0 aliphatic carbocycles. The van der Waals surface area contributed by atoms with E-state index in [0.29, 0.717) is 31.5 Å². The highest BCUT2D eigenvalue weighted by molar-refractivity contribution is 5.82. The molecule has 0 spiro atoms. The summed E-state index contributed by atoms with van der Waals surface area (Å²) in [6, 6.07) is 3.33. The minimum atomic E-state index is -1.14. The van der Waals surface area contributed by atoms with Gasteiger partial charge in [0, 0.05) is 37.5 Å². The molecule has 25 heavy (non-hydrogen) atoms. The van der Waals surface area contributed by atoms with Crippen LogP contribution in [0.2, 0.25) is 0 Å². The maximum atomic E-state index is 12.6. The molecular formula is C18H24N2O5. The molecule has 136 valence electrons. The predicted octanol–water partition coefficient (Wildman–Crippen LogP) is 1.88. The second-order valence-corrected chi connectivity index (χ2v) is 5.89. The van der Waals surface area contributed by atoms with E-state index in [0.717, 1.165) is 6.42 Å². The van der Waals surface area contributed by atoms with Gasteiger partial charge in [-0.15, -0.1) is 0 Å². The van der Waals surface area contributed by atoms with Gasteiger partial charge in [0.05, 0.1) is 12.5 Å². The number of aromatic nitrogens is 1. The summed E-state index contributed by atoms with van der Waals surface area (Å²) >= 11 is 0. The van der Waals surface area contributed by atoms with Gasteiger partial charge >= 0.3 is 11.9 Å². The van der Waals surface area contributed by atoms with Crippen molar-refractivity contribution in [2.24, 2.45) is 5.92 Å². The zero-order chi connectivity index (χ0) is 18.2. The first-order valence-electron chi connectivity index (χ1n) is 8.61. The highest BCUT2D eigenvalue weighted by Gasteiger charge is 2.33. The predicted molar refractivity (Wildman–Crippen MR) is 89.3 cm³/mol. The summed E-state index contributed by atoms with van der Waals surface area (Å²) < 4.78 is 10.5. The molecular weight excluding hydrogens is 324 g/mol. The Kier molecular flexibility index (Phi) is 6.91. The van der Waals surface area contributed by atoms with Crippen molar-refractivity contribution in [2.45, 2.75) is 39.2 Å². The standard InChI is InChI=1S/C18H24N2O5/c1-3-15(21)20-10-6-8-14(12-20)17(22)25-16(18(23)24-4-2)13-7-5-9-19-11-13/h5,7,9,11,14,16H,3-4,6,8,10,12H2,1-2H3/t14-,16-/m0/s1. The minimum Gasteiger partial charge on any atom is -0.463 e. The summed E-state index contributed by atoms with van der Waals surface area (Å²) in [6.45, 7) is 4.66. The van der Waals surface area contributed by atoms with Gasteiger partial charge in [-0.05, 0) is 25.8 Å². The van der Waals surface area contributed by atoms with E-state index in [9.17, 15) is 14.4 Å². The third-order valence-corrected chi connectivity index (χ3v) is 4.13. The maximum Gasteiger partial charge on any atom is 0.352 e. The van der Waals surface area contributed by atoms with Gasteiger partial charge in [-0.3, -0.25) is 14.6 Å². The topological polar surface area (TPSA) is 85.8 Å². The second-order valence-electron chi connectivity index (χ2n) is 5.89. The van der Waals surface area contributed by atoms with E-state index in [4.69, 9.17) is 9.47 Å². The molecule has 1 aliphatic heterocycles. The third kappa shape index (κ3) is 5.01. The van der Waals surface area contributed by atoms with Gasteiger partial charge in [0.1, 0.15) is 0 Å². The Morgan fingerprint density at radius 3 is 2.80 bits per heavy atom. The number of nitrogens with zero attached hydrogens (tertiary/aromatic N) is 2. The number of likely N-dealkylation sites (tertiary alicyclic amines) is 1. The van der Waals surface area contributed by atoms with Crippen LogP contribution in [-0.4, -0.2) is 47.4 Å². The zero-order valence-corrected chi connectivity index (χ0v) is 14.6. The fourth-order valence-corrected chi connectivity index (χ4v) is 2.83. The van der Waals surface area contributed by atoms with Crippen molar-refractivity contribution in [3.05, 3.63) is 30.1 Å². The molecule has 7 nitrogen and oxygen atoms in total. The smallest absolute Gasteiger partial charge is 0.352 e. The van der Waals surface area contributed by atoms with Crippen molar-refractivity contribution in [3.63, 3.8) is 0 Å². The highest BCUT2D eigenvalue weighted by Crippen LogP contribution is 2.24. The molecule has 2 rings (SSSR count). The first-order chi connectivity index (χ1) is 12.1. The molecule has 2 heterocycles. The summed E-state index contributed by atoms with van der Waals surface area (Å²) in [7, 11) is 0. The van der Waals surface area contributed by atoms with Crippen LogP contribution >= 0.6 is 0 Å². The van der Waals surface area contributed by atoms with Gasteiger partial charge in [0.15, 0.2) is 0 Å². The number of hydrogen-bond donors (Lipinski definition) is 0. The molecule has 0 radical (unpaired) electrons. The molecule has 0 aromatic carbocycles. The number of esters is 2. The molecule has 7 heteroatoms. The lowest BCUT2D eigenvalue weighted by molar-refractivity contribution is -0.172. The highest BCUT2D eigenvalue weighted by atomic mass is 16.6. The van der Waals surface area contributed by atoms with Gasteiger partial charge in [0.25, 0.3) is 0 Å². The Balaban J connectivity index is 2.08. The Bertz CT molecular complexity index is 605. The van der Waals surface area contributed by atoms with Crippen molar-refractivity contribution >= 4 is 17.8 Å². The number of pyridine rings is 1. The van der Waals surface area contributed by atoms with Crippen LogP contribution in [0.25, 0.3) is 0 Å². The fourth-order valence-electron chi connectivity index (χ4n) is 2.83. The average molecular weight is 348 g/mol.